The van der Waals surface area contributed by atoms with E-state index in [0.29, 0.717) is 12.0 Å². The van der Waals surface area contributed by atoms with Crippen LogP contribution in [-0.2, 0) is 16.5 Å². The number of hydrogen-bond donors (Lipinski definition) is 0. The molecule has 0 aliphatic rings. The van der Waals surface area contributed by atoms with Gasteiger partial charge in [-0.3, -0.25) is 0 Å². The highest BCUT2D eigenvalue weighted by Crippen LogP contribution is 2.14. The molecule has 0 aromatic heterocycles. The lowest BCUT2D eigenvalue weighted by Crippen LogP contribution is -2.02. The molecule has 0 N–H and O–H groups in total. The molecule has 1 rings (SSSR count). The van der Waals surface area contributed by atoms with Crippen molar-refractivity contribution in [2.45, 2.75) is 18.2 Å². The van der Waals surface area contributed by atoms with Gasteiger partial charge in [0.2, 0.25) is 0 Å². The molecule has 1 aromatic rings. The lowest BCUT2D eigenvalue weighted by molar-refractivity contribution is 0.462. The normalized spacial score (nSPS) is 11.5. The van der Waals surface area contributed by atoms with E-state index < -0.39 is 10.1 Å². The van der Waals surface area contributed by atoms with Crippen molar-refractivity contribution in [3.05, 3.63) is 29.8 Å². The zero-order valence-corrected chi connectivity index (χ0v) is 7.47. The summed E-state index contributed by atoms with van der Waals surface area (Å²) in [5, 5.41) is 0. The molecule has 0 amide bonds. The van der Waals surface area contributed by atoms with Crippen LogP contribution in [0.25, 0.3) is 0 Å². The molecule has 0 aliphatic heterocycles. The molecule has 0 unspecified atom stereocenters. The third-order valence-electron chi connectivity index (χ3n) is 1.62. The van der Waals surface area contributed by atoms with Crippen molar-refractivity contribution >= 4 is 10.1 Å². The maximum Gasteiger partial charge on any atom is 0.124 e. The van der Waals surface area contributed by atoms with Crippen LogP contribution in [0.5, 0.6) is 0 Å². The highest BCUT2D eigenvalue weighted by molar-refractivity contribution is 7.85. The summed E-state index contributed by atoms with van der Waals surface area (Å²) < 4.78 is 32.0. The van der Waals surface area contributed by atoms with Gasteiger partial charge in [0, 0.05) is 0 Å². The van der Waals surface area contributed by atoms with Crippen LogP contribution in [0.3, 0.4) is 0 Å². The number of benzene rings is 1. The smallest absolute Gasteiger partial charge is 0.124 e. The Kier molecular flexibility index (Phi) is 2.49. The third-order valence-corrected chi connectivity index (χ3v) is 2.56. The number of hydrogen-bond acceptors (Lipinski definition) is 3. The van der Waals surface area contributed by atoms with Crippen LogP contribution in [0.15, 0.2) is 29.2 Å². The van der Waals surface area contributed by atoms with Gasteiger partial charge >= 0.3 is 0 Å². The quantitative estimate of drug-likeness (QED) is 0.649. The Balaban J connectivity index is 3.33. The van der Waals surface area contributed by atoms with Crippen LogP contribution in [-0.4, -0.2) is 13.0 Å². The summed E-state index contributed by atoms with van der Waals surface area (Å²) in [5.74, 6) is 0. The van der Waals surface area contributed by atoms with Crippen molar-refractivity contribution in [2.24, 2.45) is 0 Å². The maximum absolute atomic E-state index is 10.7. The maximum atomic E-state index is 10.7. The Hall–Kier alpha value is -0.870. The monoisotopic (exact) mass is 185 g/mol. The molecule has 0 spiro atoms. The largest absolute Gasteiger partial charge is 0.744 e. The average Bonchev–Trinajstić information content (AvgIpc) is 2.03. The molecular weight excluding hydrogens is 176 g/mol. The molecule has 3 nitrogen and oxygen atoms in total. The summed E-state index contributed by atoms with van der Waals surface area (Å²) in [7, 11) is -4.30. The van der Waals surface area contributed by atoms with Crippen molar-refractivity contribution in [1.29, 1.82) is 0 Å². The molecule has 12 heavy (non-hydrogen) atoms. The van der Waals surface area contributed by atoms with Crippen molar-refractivity contribution < 1.29 is 13.0 Å². The van der Waals surface area contributed by atoms with E-state index in [1.54, 1.807) is 18.2 Å². The van der Waals surface area contributed by atoms with Gasteiger partial charge in [0.05, 0.1) is 4.90 Å². The van der Waals surface area contributed by atoms with E-state index in [2.05, 4.69) is 0 Å². The van der Waals surface area contributed by atoms with E-state index >= 15 is 0 Å². The molecule has 0 radical (unpaired) electrons. The molecule has 0 heterocycles. The first-order valence-corrected chi connectivity index (χ1v) is 5.00. The zero-order valence-electron chi connectivity index (χ0n) is 6.65. The van der Waals surface area contributed by atoms with Crippen molar-refractivity contribution in [3.8, 4) is 0 Å². The second-order valence-corrected chi connectivity index (χ2v) is 3.76. The summed E-state index contributed by atoms with van der Waals surface area (Å²) in [6.45, 7) is 1.81. The van der Waals surface area contributed by atoms with Crippen LogP contribution in [0, 0.1) is 0 Å². The number of aryl methyl sites for hydroxylation is 1. The highest BCUT2D eigenvalue weighted by Gasteiger charge is 2.04. The standard InChI is InChI=1S/C8H10O3S/c1-2-7-5-3-4-6-8(7)12(9,10)11/h3-6H,2H2,1H3,(H,9,10,11)/p-1. The Morgan fingerprint density at radius 2 is 1.92 bits per heavy atom. The van der Waals surface area contributed by atoms with Crippen LogP contribution in [0.4, 0.5) is 0 Å². The SMILES string of the molecule is CCc1ccccc1S(=O)(=O)[O-]. The lowest BCUT2D eigenvalue weighted by atomic mass is 10.2. The summed E-state index contributed by atoms with van der Waals surface area (Å²) in [5.41, 5.74) is 0.576. The van der Waals surface area contributed by atoms with Crippen molar-refractivity contribution in [2.75, 3.05) is 0 Å². The minimum absolute atomic E-state index is 0.104. The summed E-state index contributed by atoms with van der Waals surface area (Å²) >= 11 is 0. The number of rotatable bonds is 2. The van der Waals surface area contributed by atoms with Crippen LogP contribution >= 0.6 is 0 Å². The molecule has 0 saturated heterocycles. The molecule has 0 saturated carbocycles. The fraction of sp³-hybridized carbons (Fsp3) is 0.250. The molecular formula is C8H9O3S-. The van der Waals surface area contributed by atoms with Crippen LogP contribution < -0.4 is 0 Å². The fourth-order valence-electron chi connectivity index (χ4n) is 1.04. The first kappa shape index (κ1) is 9.22. The molecule has 4 heteroatoms. The van der Waals surface area contributed by atoms with E-state index in [0.717, 1.165) is 0 Å². The third kappa shape index (κ3) is 1.84. The van der Waals surface area contributed by atoms with E-state index in [-0.39, 0.29) is 4.90 Å². The predicted octanol–water partition coefficient (Wildman–Crippen LogP) is 1.15. The van der Waals surface area contributed by atoms with E-state index in [1.807, 2.05) is 6.92 Å². The Bertz CT molecular complexity index is 368. The van der Waals surface area contributed by atoms with Gasteiger partial charge in [-0.1, -0.05) is 25.1 Å². The van der Waals surface area contributed by atoms with E-state index in [4.69, 9.17) is 0 Å². The Morgan fingerprint density at radius 3 is 2.33 bits per heavy atom. The summed E-state index contributed by atoms with van der Waals surface area (Å²) in [6, 6.07) is 6.24. The molecule has 1 aromatic carbocycles. The van der Waals surface area contributed by atoms with Gasteiger partial charge in [-0.25, -0.2) is 8.42 Å². The van der Waals surface area contributed by atoms with Crippen molar-refractivity contribution in [1.82, 2.24) is 0 Å². The molecule has 0 atom stereocenters. The van der Waals surface area contributed by atoms with Crippen LogP contribution in [0.2, 0.25) is 0 Å². The van der Waals surface area contributed by atoms with Gasteiger partial charge < -0.3 is 4.55 Å². The summed E-state index contributed by atoms with van der Waals surface area (Å²) in [6.07, 6.45) is 0.553. The van der Waals surface area contributed by atoms with Gasteiger partial charge in [-0.2, -0.15) is 0 Å². The first-order chi connectivity index (χ1) is 5.55. The minimum atomic E-state index is -4.30. The summed E-state index contributed by atoms with van der Waals surface area (Å²) in [4.78, 5) is -0.104. The highest BCUT2D eigenvalue weighted by atomic mass is 32.2. The van der Waals surface area contributed by atoms with E-state index in [1.165, 1.54) is 6.07 Å². The Labute approximate surface area is 71.8 Å². The zero-order chi connectivity index (χ0) is 9.19. The predicted molar refractivity (Wildman–Crippen MR) is 43.8 cm³/mol. The Morgan fingerprint density at radius 1 is 1.33 bits per heavy atom. The van der Waals surface area contributed by atoms with Crippen molar-refractivity contribution in [3.63, 3.8) is 0 Å². The van der Waals surface area contributed by atoms with Gasteiger partial charge in [0.25, 0.3) is 0 Å². The molecule has 66 valence electrons. The van der Waals surface area contributed by atoms with Gasteiger partial charge in [-0.05, 0) is 18.1 Å². The minimum Gasteiger partial charge on any atom is -0.744 e. The van der Waals surface area contributed by atoms with Gasteiger partial charge in [-0.15, -0.1) is 0 Å². The molecule has 0 bridgehead atoms. The van der Waals surface area contributed by atoms with Gasteiger partial charge in [0.1, 0.15) is 10.1 Å². The first-order valence-electron chi connectivity index (χ1n) is 3.59. The second-order valence-electron chi connectivity index (χ2n) is 2.42. The lowest BCUT2D eigenvalue weighted by Gasteiger charge is -2.10. The van der Waals surface area contributed by atoms with Crippen LogP contribution in [0.1, 0.15) is 12.5 Å². The fourth-order valence-corrected chi connectivity index (χ4v) is 1.82. The second kappa shape index (κ2) is 3.25. The average molecular weight is 185 g/mol. The molecule has 0 aliphatic carbocycles. The van der Waals surface area contributed by atoms with Gasteiger partial charge in [0.15, 0.2) is 0 Å². The molecule has 0 fully saturated rings. The van der Waals surface area contributed by atoms with E-state index in [9.17, 15) is 13.0 Å². The topological polar surface area (TPSA) is 57.2 Å².